The number of rotatable bonds is 5. The van der Waals surface area contributed by atoms with E-state index in [4.69, 9.17) is 20.2 Å². The zero-order chi connectivity index (χ0) is 15.5. The van der Waals surface area contributed by atoms with Gasteiger partial charge in [0, 0.05) is 22.3 Å². The van der Waals surface area contributed by atoms with E-state index in [0.29, 0.717) is 0 Å². The Morgan fingerprint density at radius 3 is 2.60 bits per heavy atom. The first-order valence-electron chi connectivity index (χ1n) is 5.30. The molecule has 1 rings (SSSR count). The van der Waals surface area contributed by atoms with E-state index in [1.807, 2.05) is 0 Å². The minimum Gasteiger partial charge on any atom is -0.457 e. The minimum absolute atomic E-state index is 0.0636. The van der Waals surface area contributed by atoms with Crippen molar-refractivity contribution in [2.24, 2.45) is 0 Å². The molecular weight excluding hydrogens is 379 g/mol. The number of carbonyl (C=O) groups is 1. The van der Waals surface area contributed by atoms with Crippen molar-refractivity contribution >= 4 is 41.6 Å². The number of carbonyl (C=O) groups excluding carboxylic acids is 1. The van der Waals surface area contributed by atoms with E-state index in [0.717, 1.165) is 12.1 Å². The first-order valence-corrected chi connectivity index (χ1v) is 8.40. The average molecular weight is 390 g/mol. The van der Waals surface area contributed by atoms with E-state index in [1.54, 1.807) is 6.92 Å². The Balaban J connectivity index is 3.16. The molecule has 112 valence electrons. The maximum Gasteiger partial charge on any atom is 0.339 e. The summed E-state index contributed by atoms with van der Waals surface area (Å²) in [5, 5.41) is 0. The van der Waals surface area contributed by atoms with E-state index in [-0.39, 0.29) is 16.6 Å². The Morgan fingerprint density at radius 1 is 1.50 bits per heavy atom. The van der Waals surface area contributed by atoms with Gasteiger partial charge in [-0.05, 0) is 35.0 Å². The molecule has 0 bridgehead atoms. The number of methoxy groups -OCH3 is 1. The smallest absolute Gasteiger partial charge is 0.339 e. The van der Waals surface area contributed by atoms with Crippen LogP contribution >= 0.6 is 26.6 Å². The Hall–Kier alpha value is -0.700. The second-order valence-corrected chi connectivity index (χ2v) is 7.26. The van der Waals surface area contributed by atoms with Crippen LogP contribution in [0, 0.1) is 5.82 Å². The standard InChI is InChI=1S/C11H11BrClFO5S/c1-6(5-18-2)19-11(15)7-3-10(20(13,16)17)9(14)4-8(7)12/h3-4,6H,5H2,1-2H3. The lowest BCUT2D eigenvalue weighted by Crippen LogP contribution is -2.20. The number of benzene rings is 1. The lowest BCUT2D eigenvalue weighted by atomic mass is 10.2. The van der Waals surface area contributed by atoms with Crippen molar-refractivity contribution in [3.63, 3.8) is 0 Å². The van der Waals surface area contributed by atoms with E-state index in [2.05, 4.69) is 15.9 Å². The highest BCUT2D eigenvalue weighted by Gasteiger charge is 2.23. The quantitative estimate of drug-likeness (QED) is 0.572. The molecule has 0 aliphatic carbocycles. The molecule has 0 heterocycles. The fraction of sp³-hybridized carbons (Fsp3) is 0.364. The number of hydrogen-bond acceptors (Lipinski definition) is 5. The number of ether oxygens (including phenoxy) is 2. The van der Waals surface area contributed by atoms with Crippen LogP contribution in [0.25, 0.3) is 0 Å². The maximum atomic E-state index is 13.5. The Labute approximate surface area is 128 Å². The summed E-state index contributed by atoms with van der Waals surface area (Å²) in [5.41, 5.74) is -0.145. The lowest BCUT2D eigenvalue weighted by molar-refractivity contribution is 0.0119. The van der Waals surface area contributed by atoms with E-state index < -0.39 is 31.8 Å². The molecular formula is C11H11BrClFO5S. The van der Waals surface area contributed by atoms with Crippen molar-refractivity contribution in [1.82, 2.24) is 0 Å². The predicted molar refractivity (Wildman–Crippen MR) is 73.9 cm³/mol. The third-order valence-corrected chi connectivity index (χ3v) is 4.21. The number of esters is 1. The Bertz CT molecular complexity index is 619. The van der Waals surface area contributed by atoms with Gasteiger partial charge in [-0.15, -0.1) is 0 Å². The monoisotopic (exact) mass is 388 g/mol. The molecule has 0 aliphatic rings. The molecule has 0 saturated carbocycles. The third-order valence-electron chi connectivity index (χ3n) is 2.21. The van der Waals surface area contributed by atoms with Gasteiger partial charge in [-0.25, -0.2) is 17.6 Å². The molecule has 20 heavy (non-hydrogen) atoms. The molecule has 1 unspecified atom stereocenters. The van der Waals surface area contributed by atoms with Crippen molar-refractivity contribution in [2.45, 2.75) is 17.9 Å². The van der Waals surface area contributed by atoms with Gasteiger partial charge in [-0.3, -0.25) is 0 Å². The second-order valence-electron chi connectivity index (χ2n) is 3.87. The van der Waals surface area contributed by atoms with Crippen molar-refractivity contribution in [3.8, 4) is 0 Å². The summed E-state index contributed by atoms with van der Waals surface area (Å²) in [6, 6.07) is 1.66. The fourth-order valence-corrected chi connectivity index (χ4v) is 2.77. The molecule has 0 spiro atoms. The average Bonchev–Trinajstić information content (AvgIpc) is 2.26. The lowest BCUT2D eigenvalue weighted by Gasteiger charge is -2.13. The molecule has 0 N–H and O–H groups in total. The van der Waals surface area contributed by atoms with Crippen molar-refractivity contribution in [3.05, 3.63) is 28.0 Å². The largest absolute Gasteiger partial charge is 0.457 e. The van der Waals surface area contributed by atoms with Gasteiger partial charge in [0.1, 0.15) is 16.8 Å². The van der Waals surface area contributed by atoms with Crippen molar-refractivity contribution < 1.29 is 27.1 Å². The molecule has 0 amide bonds. The molecule has 0 saturated heterocycles. The van der Waals surface area contributed by atoms with Gasteiger partial charge in [0.25, 0.3) is 9.05 Å². The third kappa shape index (κ3) is 4.41. The van der Waals surface area contributed by atoms with Gasteiger partial charge in [-0.1, -0.05) is 0 Å². The van der Waals surface area contributed by atoms with Gasteiger partial charge in [-0.2, -0.15) is 0 Å². The summed E-state index contributed by atoms with van der Waals surface area (Å²) in [6.07, 6.45) is -0.541. The first-order chi connectivity index (χ1) is 9.16. The zero-order valence-electron chi connectivity index (χ0n) is 10.5. The summed E-state index contributed by atoms with van der Waals surface area (Å²) in [7, 11) is 2.23. The van der Waals surface area contributed by atoms with Crippen LogP contribution in [0.15, 0.2) is 21.5 Å². The van der Waals surface area contributed by atoms with Gasteiger partial charge in [0.15, 0.2) is 0 Å². The SMILES string of the molecule is COCC(C)OC(=O)c1cc(S(=O)(=O)Cl)c(F)cc1Br. The molecule has 0 aromatic heterocycles. The molecule has 0 aliphatic heterocycles. The van der Waals surface area contributed by atoms with Crippen LogP contribution in [0.3, 0.4) is 0 Å². The van der Waals surface area contributed by atoms with Crippen LogP contribution in [0.5, 0.6) is 0 Å². The molecule has 1 atom stereocenters. The van der Waals surface area contributed by atoms with Crippen LogP contribution in [0.1, 0.15) is 17.3 Å². The molecule has 1 aromatic rings. The molecule has 0 fully saturated rings. The molecule has 1 aromatic carbocycles. The number of halogens is 3. The van der Waals surface area contributed by atoms with Crippen LogP contribution in [-0.4, -0.2) is 34.2 Å². The first kappa shape index (κ1) is 17.4. The van der Waals surface area contributed by atoms with Crippen LogP contribution < -0.4 is 0 Å². The van der Waals surface area contributed by atoms with Crippen LogP contribution in [0.4, 0.5) is 4.39 Å². The van der Waals surface area contributed by atoms with Gasteiger partial charge >= 0.3 is 5.97 Å². The second kappa shape index (κ2) is 6.84. The highest BCUT2D eigenvalue weighted by Crippen LogP contribution is 2.27. The minimum atomic E-state index is -4.30. The topological polar surface area (TPSA) is 69.7 Å². The summed E-state index contributed by atoms with van der Waals surface area (Å²) in [4.78, 5) is 11.1. The Morgan fingerprint density at radius 2 is 2.10 bits per heavy atom. The van der Waals surface area contributed by atoms with E-state index in [9.17, 15) is 17.6 Å². The zero-order valence-corrected chi connectivity index (χ0v) is 13.7. The summed E-state index contributed by atoms with van der Waals surface area (Å²) in [6.45, 7) is 1.77. The van der Waals surface area contributed by atoms with E-state index in [1.165, 1.54) is 7.11 Å². The predicted octanol–water partition coefficient (Wildman–Crippen LogP) is 2.71. The Kier molecular flexibility index (Phi) is 5.93. The highest BCUT2D eigenvalue weighted by molar-refractivity contribution is 9.10. The highest BCUT2D eigenvalue weighted by atomic mass is 79.9. The van der Waals surface area contributed by atoms with Crippen LogP contribution in [0.2, 0.25) is 0 Å². The van der Waals surface area contributed by atoms with Crippen molar-refractivity contribution in [2.75, 3.05) is 13.7 Å². The molecule has 9 heteroatoms. The van der Waals surface area contributed by atoms with E-state index >= 15 is 0 Å². The summed E-state index contributed by atoms with van der Waals surface area (Å²) < 4.78 is 45.8. The van der Waals surface area contributed by atoms with Crippen LogP contribution in [-0.2, 0) is 18.5 Å². The van der Waals surface area contributed by atoms with Crippen molar-refractivity contribution in [1.29, 1.82) is 0 Å². The fourth-order valence-electron chi connectivity index (χ4n) is 1.39. The summed E-state index contributed by atoms with van der Waals surface area (Å²) >= 11 is 2.97. The van der Waals surface area contributed by atoms with Gasteiger partial charge < -0.3 is 9.47 Å². The van der Waals surface area contributed by atoms with Gasteiger partial charge in [0.05, 0.1) is 12.2 Å². The normalized spacial score (nSPS) is 13.1. The molecule has 0 radical (unpaired) electrons. The molecule has 5 nitrogen and oxygen atoms in total. The van der Waals surface area contributed by atoms with Gasteiger partial charge in [0.2, 0.25) is 0 Å². The maximum absolute atomic E-state index is 13.5. The summed E-state index contributed by atoms with van der Waals surface area (Å²) in [5.74, 6) is -1.88. The number of hydrogen-bond donors (Lipinski definition) is 0.